The van der Waals surface area contributed by atoms with Crippen LogP contribution in [-0.4, -0.2) is 41.2 Å². The number of benzene rings is 2. The van der Waals surface area contributed by atoms with Crippen LogP contribution in [-0.2, 0) is 0 Å². The van der Waals surface area contributed by atoms with E-state index in [0.717, 1.165) is 58.9 Å². The number of ether oxygens (including phenoxy) is 1. The molecule has 0 spiro atoms. The second-order valence-electron chi connectivity index (χ2n) is 8.95. The Labute approximate surface area is 194 Å². The molecular formula is C26H30ClFN2O2. The first-order valence-electron chi connectivity index (χ1n) is 11.2. The molecule has 32 heavy (non-hydrogen) atoms. The number of piperidine rings is 3. The van der Waals surface area contributed by atoms with E-state index in [1.54, 1.807) is 19.2 Å². The first-order chi connectivity index (χ1) is 15.1. The lowest BCUT2D eigenvalue weighted by Gasteiger charge is -2.51. The summed E-state index contributed by atoms with van der Waals surface area (Å²) in [6.07, 6.45) is 2.85. The largest absolute Gasteiger partial charge is 0.497 e. The summed E-state index contributed by atoms with van der Waals surface area (Å²) in [4.78, 5) is 7.28. The number of aliphatic hydroxyl groups is 1. The van der Waals surface area contributed by atoms with Crippen molar-refractivity contribution in [2.75, 3.05) is 20.2 Å². The average Bonchev–Trinajstić information content (AvgIpc) is 2.83. The smallest absolute Gasteiger partial charge is 0.123 e. The van der Waals surface area contributed by atoms with Gasteiger partial charge in [0.05, 0.1) is 24.4 Å². The molecule has 1 aromatic heterocycles. The highest BCUT2D eigenvalue weighted by Gasteiger charge is 2.42. The normalized spacial score (nSPS) is 25.4. The minimum Gasteiger partial charge on any atom is -0.497 e. The maximum atomic E-state index is 13.5. The molecular weight excluding hydrogens is 427 g/mol. The molecule has 0 amide bonds. The second kappa shape index (κ2) is 9.34. The number of hydrogen-bond acceptors (Lipinski definition) is 4. The Morgan fingerprint density at radius 2 is 1.97 bits per heavy atom. The molecule has 2 bridgehead atoms. The van der Waals surface area contributed by atoms with Gasteiger partial charge in [0.2, 0.25) is 0 Å². The molecule has 3 fully saturated rings. The van der Waals surface area contributed by atoms with Gasteiger partial charge in [0.25, 0.3) is 0 Å². The van der Waals surface area contributed by atoms with Crippen molar-refractivity contribution in [2.45, 2.75) is 38.3 Å². The van der Waals surface area contributed by atoms with E-state index in [1.165, 1.54) is 25.0 Å². The minimum absolute atomic E-state index is 0. The van der Waals surface area contributed by atoms with Crippen molar-refractivity contribution in [1.29, 1.82) is 0 Å². The summed E-state index contributed by atoms with van der Waals surface area (Å²) in [5.74, 6) is 1.90. The highest BCUT2D eigenvalue weighted by molar-refractivity contribution is 5.87. The van der Waals surface area contributed by atoms with Crippen LogP contribution in [0, 0.1) is 17.7 Å². The number of methoxy groups -OCH3 is 1. The molecule has 3 aliphatic heterocycles. The molecule has 0 aliphatic carbocycles. The number of rotatable bonds is 5. The van der Waals surface area contributed by atoms with Crippen molar-refractivity contribution < 1.29 is 14.2 Å². The van der Waals surface area contributed by atoms with Gasteiger partial charge >= 0.3 is 0 Å². The van der Waals surface area contributed by atoms with Crippen molar-refractivity contribution in [1.82, 2.24) is 9.88 Å². The van der Waals surface area contributed by atoms with Crippen LogP contribution < -0.4 is 4.74 Å². The zero-order valence-corrected chi connectivity index (χ0v) is 19.3. The van der Waals surface area contributed by atoms with Crippen LogP contribution in [0.5, 0.6) is 5.75 Å². The Kier molecular flexibility index (Phi) is 6.70. The van der Waals surface area contributed by atoms with Gasteiger partial charge in [-0.15, -0.1) is 12.4 Å². The van der Waals surface area contributed by atoms with Gasteiger partial charge in [0, 0.05) is 23.5 Å². The monoisotopic (exact) mass is 456 g/mol. The summed E-state index contributed by atoms with van der Waals surface area (Å²) in [7, 11) is 1.65. The Bertz CT molecular complexity index is 1090. The van der Waals surface area contributed by atoms with Crippen molar-refractivity contribution in [2.24, 2.45) is 11.8 Å². The Hall–Kier alpha value is -2.21. The van der Waals surface area contributed by atoms with Gasteiger partial charge in [-0.1, -0.05) is 13.3 Å². The van der Waals surface area contributed by atoms with Gasteiger partial charge in [-0.2, -0.15) is 0 Å². The summed E-state index contributed by atoms with van der Waals surface area (Å²) >= 11 is 0. The van der Waals surface area contributed by atoms with E-state index in [1.807, 2.05) is 24.3 Å². The number of pyridine rings is 1. The van der Waals surface area contributed by atoms with Crippen LogP contribution in [0.3, 0.4) is 0 Å². The van der Waals surface area contributed by atoms with Gasteiger partial charge in [0.1, 0.15) is 11.6 Å². The lowest BCUT2D eigenvalue weighted by molar-refractivity contribution is -0.0562. The fraction of sp³-hybridized carbons (Fsp3) is 0.423. The molecule has 5 atom stereocenters. The highest BCUT2D eigenvalue weighted by atomic mass is 35.5. The van der Waals surface area contributed by atoms with E-state index in [4.69, 9.17) is 9.72 Å². The molecule has 2 aromatic carbocycles. The molecule has 3 saturated heterocycles. The first kappa shape index (κ1) is 23.0. The van der Waals surface area contributed by atoms with Crippen LogP contribution in [0.2, 0.25) is 0 Å². The second-order valence-corrected chi connectivity index (χ2v) is 8.95. The molecule has 4 heterocycles. The lowest BCUT2D eigenvalue weighted by atomic mass is 9.72. The molecule has 6 rings (SSSR count). The number of aliphatic hydroxyl groups excluding tert-OH is 1. The SMILES string of the molecule is CC[C@H]1CN2CC[C@H]1CC2[C@H](O)c1cc(-c2ccc(F)cc2)nc2ccc(OC)cc12.Cl. The van der Waals surface area contributed by atoms with Gasteiger partial charge in [0.15, 0.2) is 0 Å². The van der Waals surface area contributed by atoms with E-state index < -0.39 is 6.10 Å². The molecule has 3 aromatic rings. The third-order valence-electron chi connectivity index (χ3n) is 7.33. The Morgan fingerprint density at radius 3 is 2.62 bits per heavy atom. The standard InChI is InChI=1S/C26H29FN2O2.ClH/c1-3-16-15-29-11-10-18(16)12-25(29)26(30)22-14-24(17-4-6-19(27)7-5-17)28-23-9-8-20(31-2)13-21(22)23;/h4-9,13-14,16,18,25-26,30H,3,10-12,15H2,1-2H3;1H/t16-,18-,25?,26+;/m0./s1. The summed E-state index contributed by atoms with van der Waals surface area (Å²) in [6.45, 7) is 4.40. The predicted molar refractivity (Wildman–Crippen MR) is 128 cm³/mol. The Balaban J connectivity index is 0.00000245. The van der Waals surface area contributed by atoms with Gasteiger partial charge < -0.3 is 9.84 Å². The van der Waals surface area contributed by atoms with E-state index in [0.29, 0.717) is 5.92 Å². The van der Waals surface area contributed by atoms with Gasteiger partial charge in [-0.25, -0.2) is 9.37 Å². The zero-order valence-electron chi connectivity index (χ0n) is 18.5. The third-order valence-corrected chi connectivity index (χ3v) is 7.33. The van der Waals surface area contributed by atoms with Crippen molar-refractivity contribution in [3.63, 3.8) is 0 Å². The third kappa shape index (κ3) is 4.09. The number of nitrogens with zero attached hydrogens (tertiary/aromatic N) is 2. The number of hydrogen-bond donors (Lipinski definition) is 1. The maximum absolute atomic E-state index is 13.5. The summed E-state index contributed by atoms with van der Waals surface area (Å²) < 4.78 is 18.9. The number of aromatic nitrogens is 1. The van der Waals surface area contributed by atoms with Gasteiger partial charge in [-0.3, -0.25) is 4.90 Å². The van der Waals surface area contributed by atoms with Crippen LogP contribution in [0.25, 0.3) is 22.2 Å². The lowest BCUT2D eigenvalue weighted by Crippen LogP contribution is -2.55. The minimum atomic E-state index is -0.614. The van der Waals surface area contributed by atoms with Crippen molar-refractivity contribution >= 4 is 23.3 Å². The fourth-order valence-electron chi connectivity index (χ4n) is 5.55. The summed E-state index contributed by atoms with van der Waals surface area (Å²) in [5, 5.41) is 12.5. The van der Waals surface area contributed by atoms with Crippen LogP contribution >= 0.6 is 12.4 Å². The molecule has 170 valence electrons. The maximum Gasteiger partial charge on any atom is 0.123 e. The quantitative estimate of drug-likeness (QED) is 0.540. The summed E-state index contributed by atoms with van der Waals surface area (Å²) in [6, 6.07) is 14.2. The van der Waals surface area contributed by atoms with Crippen molar-refractivity contribution in [3.05, 3.63) is 59.9 Å². The molecule has 6 heteroatoms. The average molecular weight is 457 g/mol. The fourth-order valence-corrected chi connectivity index (χ4v) is 5.55. The molecule has 4 nitrogen and oxygen atoms in total. The zero-order chi connectivity index (χ0) is 21.5. The van der Waals surface area contributed by atoms with Crippen LogP contribution in [0.4, 0.5) is 4.39 Å². The van der Waals surface area contributed by atoms with Gasteiger partial charge in [-0.05, 0) is 85.3 Å². The molecule has 2 unspecified atom stereocenters. The van der Waals surface area contributed by atoms with Crippen LogP contribution in [0.1, 0.15) is 37.9 Å². The van der Waals surface area contributed by atoms with E-state index >= 15 is 0 Å². The Morgan fingerprint density at radius 1 is 1.19 bits per heavy atom. The highest BCUT2D eigenvalue weighted by Crippen LogP contribution is 2.43. The molecule has 1 N–H and O–H groups in total. The molecule has 0 radical (unpaired) electrons. The molecule has 0 saturated carbocycles. The van der Waals surface area contributed by atoms with E-state index in [-0.39, 0.29) is 24.3 Å². The first-order valence-corrected chi connectivity index (χ1v) is 11.2. The van der Waals surface area contributed by atoms with E-state index in [2.05, 4.69) is 11.8 Å². The van der Waals surface area contributed by atoms with Crippen LogP contribution in [0.15, 0.2) is 48.5 Å². The summed E-state index contributed by atoms with van der Waals surface area (Å²) in [5.41, 5.74) is 3.26. The van der Waals surface area contributed by atoms with E-state index in [9.17, 15) is 9.50 Å². The topological polar surface area (TPSA) is 45.6 Å². The van der Waals surface area contributed by atoms with Crippen molar-refractivity contribution in [3.8, 4) is 17.0 Å². The number of halogens is 2. The number of fused-ring (bicyclic) bond motifs is 4. The molecule has 3 aliphatic rings. The predicted octanol–water partition coefficient (Wildman–Crippen LogP) is 5.63.